The molecule has 4 nitrogen and oxygen atoms in total. The van der Waals surface area contributed by atoms with Crippen molar-refractivity contribution in [2.24, 2.45) is 7.05 Å². The molecule has 1 heterocycles. The van der Waals surface area contributed by atoms with Crippen LogP contribution < -0.4 is 0 Å². The van der Waals surface area contributed by atoms with E-state index in [0.717, 1.165) is 0 Å². The molecule has 1 aromatic rings. The van der Waals surface area contributed by atoms with Crippen LogP contribution in [0.5, 0.6) is 0 Å². The van der Waals surface area contributed by atoms with E-state index in [-0.39, 0.29) is 0 Å². The lowest BCUT2D eigenvalue weighted by Gasteiger charge is -2.02. The van der Waals surface area contributed by atoms with Crippen LogP contribution in [0.25, 0.3) is 0 Å². The maximum atomic E-state index is 11.3. The molecular weight excluding hydrogens is 168 g/mol. The van der Waals surface area contributed by atoms with E-state index in [0.29, 0.717) is 17.9 Å². The monoisotopic (exact) mass is 178 g/mol. The standard InChI is InChI=1S/C9H10N2O2/c1-3-13-9(12)8-7(6-10)4-5-11(8)2/h4-5H,3H2,1-2H3. The normalized spacial score (nSPS) is 9.31. The van der Waals surface area contributed by atoms with Crippen molar-refractivity contribution in [3.63, 3.8) is 0 Å². The summed E-state index contributed by atoms with van der Waals surface area (Å²) in [5.41, 5.74) is 0.658. The summed E-state index contributed by atoms with van der Waals surface area (Å²) in [6, 6.07) is 3.52. The first-order chi connectivity index (χ1) is 6.20. The third-order valence-electron chi connectivity index (χ3n) is 1.66. The maximum Gasteiger partial charge on any atom is 0.356 e. The van der Waals surface area contributed by atoms with E-state index in [1.54, 1.807) is 30.8 Å². The second-order valence-corrected chi connectivity index (χ2v) is 2.52. The molecule has 0 atom stereocenters. The number of nitrogens with zero attached hydrogens (tertiary/aromatic N) is 2. The number of carbonyl (C=O) groups is 1. The molecule has 0 saturated heterocycles. The van der Waals surface area contributed by atoms with Gasteiger partial charge in [0.2, 0.25) is 0 Å². The molecular formula is C9H10N2O2. The molecule has 0 saturated carbocycles. The molecule has 0 amide bonds. The number of carbonyl (C=O) groups excluding carboxylic acids is 1. The molecule has 4 heteroatoms. The zero-order chi connectivity index (χ0) is 9.84. The third-order valence-corrected chi connectivity index (χ3v) is 1.66. The summed E-state index contributed by atoms with van der Waals surface area (Å²) in [7, 11) is 1.70. The van der Waals surface area contributed by atoms with E-state index in [4.69, 9.17) is 10.00 Å². The molecule has 0 radical (unpaired) electrons. The summed E-state index contributed by atoms with van der Waals surface area (Å²) >= 11 is 0. The average Bonchev–Trinajstić information content (AvgIpc) is 2.47. The predicted molar refractivity (Wildman–Crippen MR) is 46.1 cm³/mol. The van der Waals surface area contributed by atoms with Crippen LogP contribution in [0.3, 0.4) is 0 Å². The van der Waals surface area contributed by atoms with Gasteiger partial charge >= 0.3 is 5.97 Å². The van der Waals surface area contributed by atoms with Gasteiger partial charge in [0.05, 0.1) is 12.2 Å². The SMILES string of the molecule is CCOC(=O)c1c(C#N)ccn1C. The quantitative estimate of drug-likeness (QED) is 0.636. The number of esters is 1. The van der Waals surface area contributed by atoms with Crippen LogP contribution in [0.2, 0.25) is 0 Å². The van der Waals surface area contributed by atoms with E-state index in [1.165, 1.54) is 0 Å². The van der Waals surface area contributed by atoms with Crippen LogP contribution in [0.1, 0.15) is 23.0 Å². The summed E-state index contributed by atoms with van der Waals surface area (Å²) in [4.78, 5) is 11.3. The Kier molecular flexibility index (Phi) is 2.70. The van der Waals surface area contributed by atoms with Gasteiger partial charge in [-0.3, -0.25) is 0 Å². The molecule has 0 unspecified atom stereocenters. The van der Waals surface area contributed by atoms with Gasteiger partial charge in [0.1, 0.15) is 11.8 Å². The molecule has 1 rings (SSSR count). The largest absolute Gasteiger partial charge is 0.461 e. The second kappa shape index (κ2) is 3.76. The molecule has 0 aliphatic carbocycles. The Morgan fingerprint density at radius 3 is 3.00 bits per heavy atom. The Hall–Kier alpha value is -1.76. The van der Waals surface area contributed by atoms with Crippen molar-refractivity contribution in [1.82, 2.24) is 4.57 Å². The van der Waals surface area contributed by atoms with Gasteiger partial charge in [-0.25, -0.2) is 4.79 Å². The van der Waals surface area contributed by atoms with Crippen LogP contribution in [-0.4, -0.2) is 17.1 Å². The molecule has 13 heavy (non-hydrogen) atoms. The topological polar surface area (TPSA) is 55.0 Å². The van der Waals surface area contributed by atoms with E-state index in [9.17, 15) is 4.79 Å². The first-order valence-electron chi connectivity index (χ1n) is 3.93. The lowest BCUT2D eigenvalue weighted by atomic mass is 10.2. The van der Waals surface area contributed by atoms with Crippen molar-refractivity contribution in [3.05, 3.63) is 23.5 Å². The zero-order valence-electron chi connectivity index (χ0n) is 7.57. The fourth-order valence-corrected chi connectivity index (χ4v) is 1.07. The molecule has 68 valence electrons. The lowest BCUT2D eigenvalue weighted by Crippen LogP contribution is -2.10. The summed E-state index contributed by atoms with van der Waals surface area (Å²) in [5, 5.41) is 8.68. The van der Waals surface area contributed by atoms with Crippen LogP contribution in [-0.2, 0) is 11.8 Å². The van der Waals surface area contributed by atoms with Crippen LogP contribution in [0.4, 0.5) is 0 Å². The number of rotatable bonds is 2. The van der Waals surface area contributed by atoms with E-state index in [2.05, 4.69) is 0 Å². The highest BCUT2D eigenvalue weighted by atomic mass is 16.5. The van der Waals surface area contributed by atoms with Crippen LogP contribution in [0, 0.1) is 11.3 Å². The fourth-order valence-electron chi connectivity index (χ4n) is 1.07. The van der Waals surface area contributed by atoms with Crippen molar-refractivity contribution in [2.75, 3.05) is 6.61 Å². The first kappa shape index (κ1) is 9.33. The highest BCUT2D eigenvalue weighted by Crippen LogP contribution is 2.09. The van der Waals surface area contributed by atoms with Gasteiger partial charge in [-0.1, -0.05) is 0 Å². The van der Waals surface area contributed by atoms with Crippen molar-refractivity contribution in [2.45, 2.75) is 6.92 Å². The van der Waals surface area contributed by atoms with Crippen LogP contribution in [0.15, 0.2) is 12.3 Å². The summed E-state index contributed by atoms with van der Waals surface area (Å²) in [6.45, 7) is 2.04. The first-order valence-corrected chi connectivity index (χ1v) is 3.93. The summed E-state index contributed by atoms with van der Waals surface area (Å²) in [6.07, 6.45) is 1.66. The van der Waals surface area contributed by atoms with Gasteiger partial charge in [-0.15, -0.1) is 0 Å². The number of ether oxygens (including phenoxy) is 1. The Morgan fingerprint density at radius 1 is 1.77 bits per heavy atom. The minimum atomic E-state index is -0.452. The molecule has 0 N–H and O–H groups in total. The number of nitriles is 1. The predicted octanol–water partition coefficient (Wildman–Crippen LogP) is 1.07. The van der Waals surface area contributed by atoms with E-state index < -0.39 is 5.97 Å². The van der Waals surface area contributed by atoms with Crippen LogP contribution >= 0.6 is 0 Å². The Morgan fingerprint density at radius 2 is 2.46 bits per heavy atom. The van der Waals surface area contributed by atoms with Gasteiger partial charge < -0.3 is 9.30 Å². The molecule has 0 spiro atoms. The van der Waals surface area contributed by atoms with Gasteiger partial charge in [0.25, 0.3) is 0 Å². The highest BCUT2D eigenvalue weighted by molar-refractivity contribution is 5.90. The van der Waals surface area contributed by atoms with E-state index in [1.807, 2.05) is 6.07 Å². The Bertz CT molecular complexity index is 360. The molecule has 0 fully saturated rings. The zero-order valence-corrected chi connectivity index (χ0v) is 7.57. The van der Waals surface area contributed by atoms with Crippen molar-refractivity contribution in [3.8, 4) is 6.07 Å². The Labute approximate surface area is 76.3 Å². The maximum absolute atomic E-state index is 11.3. The van der Waals surface area contributed by atoms with Gasteiger partial charge in [-0.2, -0.15) is 5.26 Å². The minimum Gasteiger partial charge on any atom is -0.461 e. The number of aromatic nitrogens is 1. The van der Waals surface area contributed by atoms with Crippen molar-refractivity contribution >= 4 is 5.97 Å². The van der Waals surface area contributed by atoms with Gasteiger partial charge in [0, 0.05) is 13.2 Å². The number of aryl methyl sites for hydroxylation is 1. The number of hydrogen-bond donors (Lipinski definition) is 0. The molecule has 0 aliphatic rings. The number of hydrogen-bond acceptors (Lipinski definition) is 3. The third kappa shape index (κ3) is 1.70. The van der Waals surface area contributed by atoms with Gasteiger partial charge in [0.15, 0.2) is 0 Å². The Balaban J connectivity index is 3.05. The average molecular weight is 178 g/mol. The summed E-state index contributed by atoms with van der Waals surface area (Å²) < 4.78 is 6.38. The van der Waals surface area contributed by atoms with Crippen molar-refractivity contribution < 1.29 is 9.53 Å². The van der Waals surface area contributed by atoms with E-state index >= 15 is 0 Å². The fraction of sp³-hybridized carbons (Fsp3) is 0.333. The minimum absolute atomic E-state index is 0.310. The van der Waals surface area contributed by atoms with Gasteiger partial charge in [-0.05, 0) is 13.0 Å². The summed E-state index contributed by atoms with van der Waals surface area (Å²) in [5.74, 6) is -0.452. The molecule has 0 bridgehead atoms. The highest BCUT2D eigenvalue weighted by Gasteiger charge is 2.15. The molecule has 0 aliphatic heterocycles. The molecule has 1 aromatic heterocycles. The second-order valence-electron chi connectivity index (χ2n) is 2.52. The molecule has 0 aromatic carbocycles. The smallest absolute Gasteiger partial charge is 0.356 e. The van der Waals surface area contributed by atoms with Crippen molar-refractivity contribution in [1.29, 1.82) is 5.26 Å². The lowest BCUT2D eigenvalue weighted by molar-refractivity contribution is 0.0515.